The Morgan fingerprint density at radius 2 is 0.629 bits per heavy atom. The first kappa shape index (κ1) is 33.6. The third-order valence-corrected chi connectivity index (χ3v) is 4.32. The molecule has 0 radical (unpaired) electrons. The van der Waals surface area contributed by atoms with Gasteiger partial charge in [0.1, 0.15) is 0 Å². The lowest BCUT2D eigenvalue weighted by Gasteiger charge is -2.37. The van der Waals surface area contributed by atoms with Crippen LogP contribution in [-0.4, -0.2) is 73.3 Å². The number of hydrogen-bond acceptors (Lipinski definition) is 1. The average molecular weight is 573 g/mol. The average Bonchev–Trinajstić information content (AvgIpc) is 2.66. The lowest BCUT2D eigenvalue weighted by atomic mass is 9.96. The molecule has 1 nitrogen and oxygen atoms in total. The van der Waals surface area contributed by atoms with Crippen LogP contribution in [0.25, 0.3) is 0 Å². The van der Waals surface area contributed by atoms with Gasteiger partial charge in [0.2, 0.25) is 0 Å². The maximum atomic E-state index is 13.3. The van der Waals surface area contributed by atoms with Gasteiger partial charge in [0, 0.05) is 25.9 Å². The second kappa shape index (κ2) is 9.79. The highest BCUT2D eigenvalue weighted by molar-refractivity contribution is 5.06. The van der Waals surface area contributed by atoms with Crippen LogP contribution in [0.4, 0.5) is 87.8 Å². The highest BCUT2D eigenvalue weighted by atomic mass is 19.4. The maximum absolute atomic E-state index is 13.3. The molecule has 0 aliphatic heterocycles. The summed E-state index contributed by atoms with van der Waals surface area (Å²) in [7, 11) is 0. The second-order valence-electron chi connectivity index (χ2n) is 6.80. The van der Waals surface area contributed by atoms with Crippen LogP contribution < -0.4 is 5.32 Å². The fraction of sp³-hybridized carbons (Fsp3) is 1.00. The molecule has 0 fully saturated rings. The third-order valence-electron chi connectivity index (χ3n) is 4.32. The molecule has 0 aromatic carbocycles. The topological polar surface area (TPSA) is 12.0 Å². The third kappa shape index (κ3) is 5.47. The van der Waals surface area contributed by atoms with E-state index < -0.39 is 86.2 Å². The zero-order valence-corrected chi connectivity index (χ0v) is 16.0. The Hall–Kier alpha value is -1.44. The molecule has 212 valence electrons. The summed E-state index contributed by atoms with van der Waals surface area (Å²) in [6, 6.07) is 0. The van der Waals surface area contributed by atoms with Crippen LogP contribution in [0, 0.1) is 0 Å². The first-order valence-corrected chi connectivity index (χ1v) is 8.39. The van der Waals surface area contributed by atoms with Gasteiger partial charge in [-0.3, -0.25) is 0 Å². The summed E-state index contributed by atoms with van der Waals surface area (Å²) < 4.78 is 256. The zero-order valence-electron chi connectivity index (χ0n) is 16.0. The molecule has 1 N–H and O–H groups in total. The predicted octanol–water partition coefficient (Wildman–Crippen LogP) is 6.97. The number of nitrogens with one attached hydrogen (secondary N) is 1. The van der Waals surface area contributed by atoms with Gasteiger partial charge in [-0.15, -0.1) is 0 Å². The van der Waals surface area contributed by atoms with Crippen molar-refractivity contribution < 1.29 is 87.8 Å². The van der Waals surface area contributed by atoms with Crippen LogP contribution in [0.15, 0.2) is 0 Å². The normalized spacial score (nSPS) is 15.9. The van der Waals surface area contributed by atoms with Crippen molar-refractivity contribution in [2.24, 2.45) is 0 Å². The minimum absolute atomic E-state index is 1.08. The lowest BCUT2D eigenvalue weighted by Crippen LogP contribution is -2.64. The van der Waals surface area contributed by atoms with Crippen molar-refractivity contribution in [3.05, 3.63) is 0 Å². The van der Waals surface area contributed by atoms with E-state index >= 15 is 0 Å². The van der Waals surface area contributed by atoms with E-state index in [0.717, 1.165) is 5.32 Å². The van der Waals surface area contributed by atoms with Crippen molar-refractivity contribution in [2.75, 3.05) is 13.1 Å². The molecule has 0 atom stereocenters. The van der Waals surface area contributed by atoms with Gasteiger partial charge in [0.25, 0.3) is 0 Å². The highest BCUT2D eigenvalue weighted by Gasteiger charge is 2.83. The van der Waals surface area contributed by atoms with Crippen molar-refractivity contribution in [2.45, 2.75) is 73.1 Å². The molecule has 0 saturated heterocycles. The van der Waals surface area contributed by atoms with Gasteiger partial charge in [0.05, 0.1) is 0 Å². The molecule has 0 rings (SSSR count). The molecule has 0 bridgehead atoms. The van der Waals surface area contributed by atoms with Crippen LogP contribution in [0.1, 0.15) is 12.8 Å². The van der Waals surface area contributed by atoms with Crippen LogP contribution in [0.5, 0.6) is 0 Å². The van der Waals surface area contributed by atoms with Crippen molar-refractivity contribution in [3.8, 4) is 0 Å². The Balaban J connectivity index is 5.34. The molecule has 35 heavy (non-hydrogen) atoms. The number of hydrogen-bond donors (Lipinski definition) is 1. The fourth-order valence-corrected chi connectivity index (χ4v) is 2.08. The van der Waals surface area contributed by atoms with Crippen LogP contribution in [0.2, 0.25) is 0 Å². The summed E-state index contributed by atoms with van der Waals surface area (Å²) in [6.07, 6.45) is -16.6. The van der Waals surface area contributed by atoms with Gasteiger partial charge in [-0.1, -0.05) is 0 Å². The Kier molecular flexibility index (Phi) is 9.39. The fourth-order valence-electron chi connectivity index (χ4n) is 2.08. The van der Waals surface area contributed by atoms with Gasteiger partial charge in [-0.25, -0.2) is 17.6 Å². The standard InChI is InChI=1S/C14H11F20N/c15-5(16)9(23,24)13(31,32)11(27,28)7(19,20)1-3-35-4-2-8(21,22)12(29,30)14(33,34)10(25,26)6(17)18/h5-6,35H,1-4H2. The molecule has 0 saturated carbocycles. The van der Waals surface area contributed by atoms with E-state index in [2.05, 4.69) is 0 Å². The molecule has 21 heteroatoms. The Labute approximate surface area is 180 Å². The molecular weight excluding hydrogens is 562 g/mol. The summed E-state index contributed by atoms with van der Waals surface area (Å²) in [6.45, 7) is -3.88. The summed E-state index contributed by atoms with van der Waals surface area (Å²) in [4.78, 5) is 0. The zero-order chi connectivity index (χ0) is 28.7. The number of halogens is 20. The molecule has 0 aliphatic rings. The molecular formula is C14H11F20N. The summed E-state index contributed by atoms with van der Waals surface area (Å²) in [5, 5.41) is 1.08. The van der Waals surface area contributed by atoms with E-state index in [1.807, 2.05) is 0 Å². The Bertz CT molecular complexity index is 640. The maximum Gasteiger partial charge on any atom is 0.384 e. The first-order valence-electron chi connectivity index (χ1n) is 8.39. The van der Waals surface area contributed by atoms with Crippen molar-refractivity contribution in [1.29, 1.82) is 0 Å². The highest BCUT2D eigenvalue weighted by Crippen LogP contribution is 2.56. The van der Waals surface area contributed by atoms with E-state index in [1.165, 1.54) is 0 Å². The first-order chi connectivity index (χ1) is 15.1. The van der Waals surface area contributed by atoms with E-state index in [9.17, 15) is 87.8 Å². The molecule has 0 aromatic rings. The second-order valence-corrected chi connectivity index (χ2v) is 6.80. The van der Waals surface area contributed by atoms with Gasteiger partial charge < -0.3 is 5.32 Å². The van der Waals surface area contributed by atoms with E-state index in [0.29, 0.717) is 0 Å². The summed E-state index contributed by atoms with van der Waals surface area (Å²) in [5.41, 5.74) is 0. The molecule has 0 unspecified atom stereocenters. The minimum atomic E-state index is -7.38. The van der Waals surface area contributed by atoms with Crippen LogP contribution >= 0.6 is 0 Å². The Morgan fingerprint density at radius 3 is 0.829 bits per heavy atom. The van der Waals surface area contributed by atoms with Crippen LogP contribution in [0.3, 0.4) is 0 Å². The lowest BCUT2D eigenvalue weighted by molar-refractivity contribution is -0.384. The molecule has 0 aliphatic carbocycles. The van der Waals surface area contributed by atoms with Crippen molar-refractivity contribution in [1.82, 2.24) is 5.32 Å². The minimum Gasteiger partial charge on any atom is -0.316 e. The molecule has 0 heterocycles. The quantitative estimate of drug-likeness (QED) is 0.175. The van der Waals surface area contributed by atoms with Gasteiger partial charge in [0.15, 0.2) is 0 Å². The number of rotatable bonds is 14. The van der Waals surface area contributed by atoms with Crippen molar-refractivity contribution >= 4 is 0 Å². The SMILES string of the molecule is FC(F)C(F)(F)C(F)(F)C(F)(F)C(F)(F)CCNCCC(F)(F)C(F)(F)C(F)(F)C(F)(F)C(F)F. The number of alkyl halides is 20. The summed E-state index contributed by atoms with van der Waals surface area (Å²) in [5.74, 6) is -55.7. The van der Waals surface area contributed by atoms with Gasteiger partial charge in [-0.05, 0) is 0 Å². The monoisotopic (exact) mass is 573 g/mol. The van der Waals surface area contributed by atoms with Crippen LogP contribution in [-0.2, 0) is 0 Å². The largest absolute Gasteiger partial charge is 0.384 e. The summed E-state index contributed by atoms with van der Waals surface area (Å²) >= 11 is 0. The van der Waals surface area contributed by atoms with Crippen molar-refractivity contribution in [3.63, 3.8) is 0 Å². The van der Waals surface area contributed by atoms with Gasteiger partial charge in [-0.2, -0.15) is 70.2 Å². The molecule has 0 amide bonds. The molecule has 0 aromatic heterocycles. The van der Waals surface area contributed by atoms with Gasteiger partial charge >= 0.3 is 60.2 Å². The Morgan fingerprint density at radius 1 is 0.400 bits per heavy atom. The van der Waals surface area contributed by atoms with E-state index in [-0.39, 0.29) is 0 Å². The van der Waals surface area contributed by atoms with E-state index in [4.69, 9.17) is 0 Å². The molecule has 0 spiro atoms. The smallest absolute Gasteiger partial charge is 0.316 e. The van der Waals surface area contributed by atoms with E-state index in [1.54, 1.807) is 0 Å². The predicted molar refractivity (Wildman–Crippen MR) is 73.7 cm³/mol.